The fourth-order valence-electron chi connectivity index (χ4n) is 1.56. The first-order chi connectivity index (χ1) is 8.43. The number of nitrogens with zero attached hydrogens (tertiary/aromatic N) is 2. The van der Waals surface area contributed by atoms with E-state index >= 15 is 0 Å². The van der Waals surface area contributed by atoms with Crippen molar-refractivity contribution in [1.82, 2.24) is 4.98 Å². The average molecular weight is 274 g/mol. The van der Waals surface area contributed by atoms with Gasteiger partial charge in [0.25, 0.3) is 5.69 Å². The van der Waals surface area contributed by atoms with Gasteiger partial charge in [-0.3, -0.25) is 10.1 Å². The van der Waals surface area contributed by atoms with Crippen LogP contribution in [0.15, 0.2) is 12.1 Å². The molecular weight excluding hydrogens is 258 g/mol. The fraction of sp³-hybridized carbons (Fsp3) is 0.545. The van der Waals surface area contributed by atoms with Gasteiger partial charge in [0.2, 0.25) is 0 Å². The number of halogens is 1. The lowest BCUT2D eigenvalue weighted by molar-refractivity contribution is -0.384. The lowest BCUT2D eigenvalue weighted by Gasteiger charge is -2.22. The van der Waals surface area contributed by atoms with Gasteiger partial charge in [-0.2, -0.15) is 0 Å². The summed E-state index contributed by atoms with van der Waals surface area (Å²) in [6.45, 7) is 4.02. The number of pyridine rings is 1. The minimum Gasteiger partial charge on any atom is -0.396 e. The highest BCUT2D eigenvalue weighted by Crippen LogP contribution is 2.22. The second kappa shape index (κ2) is 6.51. The first kappa shape index (κ1) is 14.7. The first-order valence-corrected chi connectivity index (χ1v) is 6.01. The van der Waals surface area contributed by atoms with E-state index in [9.17, 15) is 10.1 Å². The molecule has 0 fully saturated rings. The molecule has 0 saturated heterocycles. The highest BCUT2D eigenvalue weighted by Gasteiger charge is 2.16. The molecular formula is C11H16ClN3O3. The Hall–Kier alpha value is -1.40. The number of hydrogen-bond acceptors (Lipinski definition) is 5. The number of aliphatic hydroxyl groups is 1. The molecule has 0 aliphatic carbocycles. The SMILES string of the molecule is CC(C)C(CCO)Nc1cc([N+](=O)[O-])cc(Cl)n1. The Morgan fingerprint density at radius 2 is 2.22 bits per heavy atom. The molecule has 0 amide bonds. The van der Waals surface area contributed by atoms with Crippen molar-refractivity contribution in [3.05, 3.63) is 27.4 Å². The lowest BCUT2D eigenvalue weighted by Crippen LogP contribution is -2.27. The van der Waals surface area contributed by atoms with E-state index in [2.05, 4.69) is 10.3 Å². The Morgan fingerprint density at radius 1 is 1.56 bits per heavy atom. The summed E-state index contributed by atoms with van der Waals surface area (Å²) in [5.74, 6) is 0.610. The molecule has 1 atom stereocenters. The van der Waals surface area contributed by atoms with Gasteiger partial charge in [-0.25, -0.2) is 4.98 Å². The van der Waals surface area contributed by atoms with E-state index in [-0.39, 0.29) is 29.4 Å². The summed E-state index contributed by atoms with van der Waals surface area (Å²) < 4.78 is 0. The summed E-state index contributed by atoms with van der Waals surface area (Å²) in [6, 6.07) is 2.52. The Morgan fingerprint density at radius 3 is 2.72 bits per heavy atom. The van der Waals surface area contributed by atoms with Crippen molar-refractivity contribution in [2.45, 2.75) is 26.3 Å². The van der Waals surface area contributed by atoms with Crippen LogP contribution in [-0.4, -0.2) is 27.7 Å². The zero-order valence-electron chi connectivity index (χ0n) is 10.3. The molecule has 0 bridgehead atoms. The van der Waals surface area contributed by atoms with Gasteiger partial charge in [-0.1, -0.05) is 25.4 Å². The molecule has 0 aliphatic heterocycles. The van der Waals surface area contributed by atoms with Crippen LogP contribution in [0.5, 0.6) is 0 Å². The standard InChI is InChI=1S/C11H16ClN3O3/c1-7(2)9(3-4-16)13-11-6-8(15(17)18)5-10(12)14-11/h5-7,9,16H,3-4H2,1-2H3,(H,13,14). The molecule has 0 aliphatic rings. The van der Waals surface area contributed by atoms with Crippen LogP contribution in [0.3, 0.4) is 0 Å². The summed E-state index contributed by atoms with van der Waals surface area (Å²) >= 11 is 5.73. The van der Waals surface area contributed by atoms with Gasteiger partial charge in [0, 0.05) is 12.6 Å². The van der Waals surface area contributed by atoms with E-state index in [0.717, 1.165) is 0 Å². The van der Waals surface area contributed by atoms with Crippen LogP contribution >= 0.6 is 11.6 Å². The van der Waals surface area contributed by atoms with Crippen LogP contribution in [0.1, 0.15) is 20.3 Å². The monoisotopic (exact) mass is 273 g/mol. The van der Waals surface area contributed by atoms with Crippen molar-refractivity contribution in [1.29, 1.82) is 0 Å². The predicted molar refractivity (Wildman–Crippen MR) is 69.9 cm³/mol. The Balaban J connectivity index is 2.91. The Bertz CT molecular complexity index is 426. The Labute approximate surface area is 110 Å². The van der Waals surface area contributed by atoms with E-state index in [1.807, 2.05) is 13.8 Å². The largest absolute Gasteiger partial charge is 0.396 e. The molecule has 1 rings (SSSR count). The van der Waals surface area contributed by atoms with Crippen LogP contribution in [0.4, 0.5) is 11.5 Å². The molecule has 0 radical (unpaired) electrons. The van der Waals surface area contributed by atoms with E-state index in [0.29, 0.717) is 12.2 Å². The van der Waals surface area contributed by atoms with Crippen molar-refractivity contribution < 1.29 is 10.0 Å². The molecule has 1 unspecified atom stereocenters. The molecule has 1 aromatic heterocycles. The quantitative estimate of drug-likeness (QED) is 0.472. The molecule has 2 N–H and O–H groups in total. The normalized spacial score (nSPS) is 12.5. The van der Waals surface area contributed by atoms with Crippen LogP contribution < -0.4 is 5.32 Å². The predicted octanol–water partition coefficient (Wildman–Crippen LogP) is 2.46. The fourth-order valence-corrected chi connectivity index (χ4v) is 1.77. The number of aromatic nitrogens is 1. The highest BCUT2D eigenvalue weighted by molar-refractivity contribution is 6.29. The lowest BCUT2D eigenvalue weighted by atomic mass is 10.0. The second-order valence-electron chi connectivity index (χ2n) is 4.30. The van der Waals surface area contributed by atoms with Gasteiger partial charge in [-0.15, -0.1) is 0 Å². The molecule has 0 spiro atoms. The number of rotatable bonds is 6. The van der Waals surface area contributed by atoms with Gasteiger partial charge in [0.15, 0.2) is 0 Å². The van der Waals surface area contributed by atoms with Gasteiger partial charge in [0.05, 0.1) is 17.1 Å². The second-order valence-corrected chi connectivity index (χ2v) is 4.68. The van der Waals surface area contributed by atoms with Crippen LogP contribution in [-0.2, 0) is 0 Å². The maximum absolute atomic E-state index is 10.7. The van der Waals surface area contributed by atoms with Crippen LogP contribution in [0, 0.1) is 16.0 Å². The van der Waals surface area contributed by atoms with Crippen molar-refractivity contribution in [2.75, 3.05) is 11.9 Å². The van der Waals surface area contributed by atoms with Crippen molar-refractivity contribution >= 4 is 23.1 Å². The first-order valence-electron chi connectivity index (χ1n) is 5.63. The minimum absolute atomic E-state index is 0.0134. The zero-order chi connectivity index (χ0) is 13.7. The van der Waals surface area contributed by atoms with E-state index in [4.69, 9.17) is 16.7 Å². The summed E-state index contributed by atoms with van der Waals surface area (Å²) in [7, 11) is 0. The number of anilines is 1. The van der Waals surface area contributed by atoms with E-state index in [1.165, 1.54) is 12.1 Å². The molecule has 0 saturated carbocycles. The molecule has 6 nitrogen and oxygen atoms in total. The van der Waals surface area contributed by atoms with Crippen LogP contribution in [0.25, 0.3) is 0 Å². The third kappa shape index (κ3) is 4.12. The minimum atomic E-state index is -0.519. The number of nitro groups is 1. The maximum atomic E-state index is 10.7. The van der Waals surface area contributed by atoms with Gasteiger partial charge in [-0.05, 0) is 12.3 Å². The van der Waals surface area contributed by atoms with Gasteiger partial charge >= 0.3 is 0 Å². The average Bonchev–Trinajstić information content (AvgIpc) is 2.27. The molecule has 1 aromatic rings. The summed E-state index contributed by atoms with van der Waals surface area (Å²) in [6.07, 6.45) is 0.541. The maximum Gasteiger partial charge on any atom is 0.276 e. The van der Waals surface area contributed by atoms with Crippen molar-refractivity contribution in [2.24, 2.45) is 5.92 Å². The van der Waals surface area contributed by atoms with E-state index < -0.39 is 4.92 Å². The number of nitrogens with one attached hydrogen (secondary N) is 1. The topological polar surface area (TPSA) is 88.3 Å². The number of aliphatic hydroxyl groups excluding tert-OH is 1. The summed E-state index contributed by atoms with van der Waals surface area (Å²) in [5.41, 5.74) is -0.107. The summed E-state index contributed by atoms with van der Waals surface area (Å²) in [4.78, 5) is 14.2. The third-order valence-corrected chi connectivity index (χ3v) is 2.76. The van der Waals surface area contributed by atoms with Crippen molar-refractivity contribution in [3.63, 3.8) is 0 Å². The molecule has 18 heavy (non-hydrogen) atoms. The Kier molecular flexibility index (Phi) is 5.30. The van der Waals surface area contributed by atoms with Crippen LogP contribution in [0.2, 0.25) is 5.15 Å². The van der Waals surface area contributed by atoms with Gasteiger partial charge < -0.3 is 10.4 Å². The third-order valence-electron chi connectivity index (χ3n) is 2.57. The van der Waals surface area contributed by atoms with Gasteiger partial charge in [0.1, 0.15) is 11.0 Å². The highest BCUT2D eigenvalue weighted by atomic mass is 35.5. The molecule has 1 heterocycles. The zero-order valence-corrected chi connectivity index (χ0v) is 11.0. The van der Waals surface area contributed by atoms with E-state index in [1.54, 1.807) is 0 Å². The number of hydrogen-bond donors (Lipinski definition) is 2. The molecule has 100 valence electrons. The smallest absolute Gasteiger partial charge is 0.276 e. The summed E-state index contributed by atoms with van der Waals surface area (Å²) in [5, 5.41) is 22.8. The molecule has 0 aromatic carbocycles. The van der Waals surface area contributed by atoms with Crippen molar-refractivity contribution in [3.8, 4) is 0 Å². The molecule has 7 heteroatoms.